The number of H-pyrrole nitrogens is 1. The average molecular weight is 627 g/mol. The molecule has 8 nitrogen and oxygen atoms in total. The lowest BCUT2D eigenvalue weighted by Crippen LogP contribution is -2.46. The second-order valence-corrected chi connectivity index (χ2v) is 11.6. The highest BCUT2D eigenvalue weighted by Gasteiger charge is 2.36. The van der Waals surface area contributed by atoms with Crippen LogP contribution in [-0.4, -0.2) is 49.9 Å². The van der Waals surface area contributed by atoms with Gasteiger partial charge in [-0.1, -0.05) is 42.5 Å². The standard InChI is InChI=1S/C32H31F5N6O2/c33-25-8-4-7-23(28(25)34)21-9-10-26(29-38-17-22(43(29)18-21)16-32(35,36)37)39-31(45)42-13-11-19(12-14-42)24-15-27(40-41-30(24)44)20-5-2-1-3-6-20/h1-8,15,17,19,21,26H,9-14,16,18H2,(H,39,45)(H,41,44)/t21-,26-/m1/s1. The number of piperidine rings is 1. The van der Waals surface area contributed by atoms with Crippen molar-refractivity contribution in [3.8, 4) is 11.3 Å². The molecule has 4 heterocycles. The van der Waals surface area contributed by atoms with Crippen LogP contribution in [0.1, 0.15) is 66.2 Å². The third-order valence-electron chi connectivity index (χ3n) is 8.71. The molecule has 2 N–H and O–H groups in total. The number of aromatic amines is 1. The number of benzene rings is 2. The summed E-state index contributed by atoms with van der Waals surface area (Å²) in [5.41, 5.74) is 1.80. The van der Waals surface area contributed by atoms with Gasteiger partial charge in [-0.05, 0) is 49.3 Å². The number of likely N-dealkylation sites (tertiary alicyclic amines) is 1. The summed E-state index contributed by atoms with van der Waals surface area (Å²) in [6.07, 6.45) is -3.00. The predicted octanol–water partition coefficient (Wildman–Crippen LogP) is 6.22. The van der Waals surface area contributed by atoms with Gasteiger partial charge in [0.2, 0.25) is 0 Å². The number of imidazole rings is 1. The molecule has 1 fully saturated rings. The Morgan fingerprint density at radius 3 is 2.44 bits per heavy atom. The van der Waals surface area contributed by atoms with E-state index in [0.29, 0.717) is 37.2 Å². The number of halogens is 5. The molecule has 0 spiro atoms. The summed E-state index contributed by atoms with van der Waals surface area (Å²) in [7, 11) is 0. The number of hydrogen-bond donors (Lipinski definition) is 2. The third kappa shape index (κ3) is 6.62. The van der Waals surface area contributed by atoms with Crippen molar-refractivity contribution in [1.29, 1.82) is 0 Å². The molecule has 2 atom stereocenters. The third-order valence-corrected chi connectivity index (χ3v) is 8.71. The van der Waals surface area contributed by atoms with Gasteiger partial charge in [-0.2, -0.15) is 18.3 Å². The maximum Gasteiger partial charge on any atom is 0.394 e. The number of carbonyl (C=O) groups excluding carboxylic acids is 1. The molecule has 0 unspecified atom stereocenters. The minimum Gasteiger partial charge on any atom is -0.329 e. The van der Waals surface area contributed by atoms with Crippen molar-refractivity contribution >= 4 is 6.03 Å². The van der Waals surface area contributed by atoms with E-state index >= 15 is 0 Å². The molecular formula is C32H31F5N6O2. The summed E-state index contributed by atoms with van der Waals surface area (Å²) in [6.45, 7) is 0.678. The number of carbonyl (C=O) groups is 1. The Morgan fingerprint density at radius 2 is 1.71 bits per heavy atom. The quantitative estimate of drug-likeness (QED) is 0.257. The maximum atomic E-state index is 14.7. The summed E-state index contributed by atoms with van der Waals surface area (Å²) >= 11 is 0. The molecule has 0 aliphatic carbocycles. The van der Waals surface area contributed by atoms with Crippen LogP contribution >= 0.6 is 0 Å². The van der Waals surface area contributed by atoms with Crippen molar-refractivity contribution in [1.82, 2.24) is 30.0 Å². The van der Waals surface area contributed by atoms with Gasteiger partial charge in [-0.3, -0.25) is 4.79 Å². The van der Waals surface area contributed by atoms with Crippen molar-refractivity contribution in [2.75, 3.05) is 13.1 Å². The minimum atomic E-state index is -4.51. The van der Waals surface area contributed by atoms with E-state index in [1.165, 1.54) is 16.7 Å². The van der Waals surface area contributed by atoms with E-state index in [4.69, 9.17) is 0 Å². The summed E-state index contributed by atoms with van der Waals surface area (Å²) in [5, 5.41) is 9.69. The van der Waals surface area contributed by atoms with Gasteiger partial charge in [0.15, 0.2) is 11.6 Å². The monoisotopic (exact) mass is 626 g/mol. The summed E-state index contributed by atoms with van der Waals surface area (Å²) < 4.78 is 70.4. The van der Waals surface area contributed by atoms with Gasteiger partial charge in [0.05, 0.1) is 18.2 Å². The fourth-order valence-corrected chi connectivity index (χ4v) is 6.41. The maximum absolute atomic E-state index is 14.7. The predicted molar refractivity (Wildman–Crippen MR) is 155 cm³/mol. The normalized spacial score (nSPS) is 19.2. The second kappa shape index (κ2) is 12.4. The van der Waals surface area contributed by atoms with Gasteiger partial charge in [-0.15, -0.1) is 0 Å². The molecule has 2 aliphatic rings. The summed E-state index contributed by atoms with van der Waals surface area (Å²) in [6, 6.07) is 13.9. The van der Waals surface area contributed by atoms with Gasteiger partial charge in [0, 0.05) is 48.6 Å². The first-order chi connectivity index (χ1) is 21.6. The zero-order chi connectivity index (χ0) is 31.7. The van der Waals surface area contributed by atoms with Crippen molar-refractivity contribution in [3.63, 3.8) is 0 Å². The molecule has 0 saturated carbocycles. The smallest absolute Gasteiger partial charge is 0.329 e. The lowest BCUT2D eigenvalue weighted by Gasteiger charge is -2.33. The highest BCUT2D eigenvalue weighted by atomic mass is 19.4. The SMILES string of the molecule is O=C(N[C@@H]1CC[C@@H](c2cccc(F)c2F)Cn2c(CC(F)(F)F)cnc21)N1CCC(c2cc(-c3ccccc3)n[nH]c2=O)CC1. The van der Waals surface area contributed by atoms with Crippen molar-refractivity contribution in [2.24, 2.45) is 0 Å². The number of urea groups is 1. The fraction of sp³-hybridized carbons (Fsp3) is 0.375. The van der Waals surface area contributed by atoms with E-state index in [0.717, 1.165) is 17.8 Å². The van der Waals surface area contributed by atoms with Crippen LogP contribution < -0.4 is 10.9 Å². The van der Waals surface area contributed by atoms with E-state index in [2.05, 4.69) is 20.5 Å². The second-order valence-electron chi connectivity index (χ2n) is 11.6. The van der Waals surface area contributed by atoms with Gasteiger partial charge in [-0.25, -0.2) is 23.7 Å². The molecule has 0 radical (unpaired) electrons. The van der Waals surface area contributed by atoms with Crippen molar-refractivity contribution in [2.45, 2.75) is 62.7 Å². The zero-order valence-corrected chi connectivity index (χ0v) is 24.2. The highest BCUT2D eigenvalue weighted by molar-refractivity contribution is 5.74. The first-order valence-corrected chi connectivity index (χ1v) is 14.8. The number of amides is 2. The molecule has 2 aromatic heterocycles. The number of aromatic nitrogens is 4. The number of nitrogens with zero attached hydrogens (tertiary/aromatic N) is 4. The lowest BCUT2D eigenvalue weighted by molar-refractivity contribution is -0.128. The Bertz CT molecular complexity index is 1730. The minimum absolute atomic E-state index is 0.0374. The number of rotatable bonds is 5. The van der Waals surface area contributed by atoms with Crippen LogP contribution in [0.15, 0.2) is 65.6 Å². The summed E-state index contributed by atoms with van der Waals surface area (Å²) in [4.78, 5) is 32.0. The molecule has 2 amide bonds. The average Bonchev–Trinajstić information content (AvgIpc) is 3.31. The van der Waals surface area contributed by atoms with Crippen LogP contribution in [-0.2, 0) is 13.0 Å². The molecule has 4 aromatic rings. The van der Waals surface area contributed by atoms with E-state index in [-0.39, 0.29) is 47.9 Å². The molecule has 45 heavy (non-hydrogen) atoms. The topological polar surface area (TPSA) is 95.9 Å². The number of hydrogen-bond acceptors (Lipinski definition) is 4. The molecule has 236 valence electrons. The molecule has 6 rings (SSSR count). The molecule has 2 aromatic carbocycles. The van der Waals surface area contributed by atoms with Crippen molar-refractivity contribution < 1.29 is 26.7 Å². The van der Waals surface area contributed by atoms with Gasteiger partial charge >= 0.3 is 12.2 Å². The van der Waals surface area contributed by atoms with Crippen molar-refractivity contribution in [3.05, 3.63) is 105 Å². The molecular weight excluding hydrogens is 595 g/mol. The molecule has 2 aliphatic heterocycles. The number of alkyl halides is 3. The lowest BCUT2D eigenvalue weighted by atomic mass is 9.90. The van der Waals surface area contributed by atoms with Crippen LogP contribution in [0.5, 0.6) is 0 Å². The van der Waals surface area contributed by atoms with Crippen LogP contribution in [0.25, 0.3) is 11.3 Å². The Kier molecular flexibility index (Phi) is 8.43. The molecule has 0 bridgehead atoms. The van der Waals surface area contributed by atoms with Gasteiger partial charge in [0.1, 0.15) is 5.82 Å². The molecule has 13 heteroatoms. The Hall–Kier alpha value is -4.55. The largest absolute Gasteiger partial charge is 0.394 e. The Balaban J connectivity index is 1.17. The van der Waals surface area contributed by atoms with E-state index in [9.17, 15) is 31.5 Å². The van der Waals surface area contributed by atoms with Crippen LogP contribution in [0.3, 0.4) is 0 Å². The summed E-state index contributed by atoms with van der Waals surface area (Å²) in [5.74, 6) is -2.54. The van der Waals surface area contributed by atoms with E-state index in [1.807, 2.05) is 30.3 Å². The van der Waals surface area contributed by atoms with E-state index in [1.54, 1.807) is 11.0 Å². The van der Waals surface area contributed by atoms with Crippen LogP contribution in [0.4, 0.5) is 26.7 Å². The van der Waals surface area contributed by atoms with Gasteiger partial charge in [0.25, 0.3) is 5.56 Å². The van der Waals surface area contributed by atoms with Crippen LogP contribution in [0.2, 0.25) is 0 Å². The first-order valence-electron chi connectivity index (χ1n) is 14.8. The first kappa shape index (κ1) is 30.5. The van der Waals surface area contributed by atoms with Crippen LogP contribution in [0, 0.1) is 11.6 Å². The number of fused-ring (bicyclic) bond motifs is 1. The highest BCUT2D eigenvalue weighted by Crippen LogP contribution is 2.36. The van der Waals surface area contributed by atoms with E-state index < -0.39 is 42.2 Å². The zero-order valence-electron chi connectivity index (χ0n) is 24.2. The number of nitrogens with one attached hydrogen (secondary N) is 2. The Labute approximate surface area is 255 Å². The Morgan fingerprint density at radius 1 is 0.956 bits per heavy atom. The molecule has 1 saturated heterocycles. The van der Waals surface area contributed by atoms with Gasteiger partial charge < -0.3 is 14.8 Å². The fourth-order valence-electron chi connectivity index (χ4n) is 6.41.